The summed E-state index contributed by atoms with van der Waals surface area (Å²) in [5, 5.41) is 3.08. The first-order valence-electron chi connectivity index (χ1n) is 7.87. The van der Waals surface area contributed by atoms with E-state index in [9.17, 15) is 9.59 Å². The molecule has 1 aliphatic carbocycles. The van der Waals surface area contributed by atoms with Gasteiger partial charge in [-0.2, -0.15) is 0 Å². The van der Waals surface area contributed by atoms with Crippen molar-refractivity contribution in [3.63, 3.8) is 0 Å². The van der Waals surface area contributed by atoms with Gasteiger partial charge in [0.25, 0.3) is 0 Å². The lowest BCUT2D eigenvalue weighted by Crippen LogP contribution is -2.21. The molecule has 1 atom stereocenters. The minimum absolute atomic E-state index is 0.140. The average Bonchev–Trinajstić information content (AvgIpc) is 2.59. The molecule has 0 fully saturated rings. The Hall–Kier alpha value is -2.68. The largest absolute Gasteiger partial charge is 0.352 e. The summed E-state index contributed by atoms with van der Waals surface area (Å²) in [6.45, 7) is 4.34. The maximum atomic E-state index is 12.5. The number of carbonyl (C=O) groups is 2. The summed E-state index contributed by atoms with van der Waals surface area (Å²) in [6, 6.07) is 14.9. The zero-order valence-electron chi connectivity index (χ0n) is 13.3. The molecule has 3 rings (SSSR count). The first kappa shape index (κ1) is 15.2. The number of benzene rings is 2. The molecule has 1 unspecified atom stereocenters. The van der Waals surface area contributed by atoms with E-state index >= 15 is 0 Å². The Kier molecular flexibility index (Phi) is 4.11. The lowest BCUT2D eigenvalue weighted by atomic mass is 9.92. The fourth-order valence-corrected chi connectivity index (χ4v) is 2.69. The number of Topliss-reactive ketones (excluding diaryl/α,β-unsaturated/α-hetero) is 1. The molecular formula is C20H19NO2. The number of nitrogens with one attached hydrogen (secondary N) is 1. The molecule has 23 heavy (non-hydrogen) atoms. The molecule has 116 valence electrons. The summed E-state index contributed by atoms with van der Waals surface area (Å²) in [4.78, 5) is 24.7. The molecule has 0 heterocycles. The van der Waals surface area contributed by atoms with Crippen molar-refractivity contribution >= 4 is 17.3 Å². The molecule has 0 aromatic heterocycles. The van der Waals surface area contributed by atoms with E-state index in [0.29, 0.717) is 22.7 Å². The Morgan fingerprint density at radius 1 is 0.957 bits per heavy atom. The molecule has 2 aromatic rings. The Bertz CT molecular complexity index is 788. The topological polar surface area (TPSA) is 46.2 Å². The van der Waals surface area contributed by atoms with Crippen molar-refractivity contribution in [1.29, 1.82) is 0 Å². The molecule has 0 saturated heterocycles. The monoisotopic (exact) mass is 305 g/mol. The maximum absolute atomic E-state index is 12.5. The van der Waals surface area contributed by atoms with Crippen molar-refractivity contribution in [2.45, 2.75) is 26.2 Å². The molecular weight excluding hydrogens is 286 g/mol. The average molecular weight is 305 g/mol. The van der Waals surface area contributed by atoms with Crippen LogP contribution >= 0.6 is 0 Å². The van der Waals surface area contributed by atoms with Crippen LogP contribution in [-0.2, 0) is 0 Å². The third-order valence-electron chi connectivity index (χ3n) is 4.33. The van der Waals surface area contributed by atoms with Crippen LogP contribution in [0.1, 0.15) is 52.5 Å². The number of rotatable bonds is 4. The van der Waals surface area contributed by atoms with E-state index in [-0.39, 0.29) is 11.6 Å². The van der Waals surface area contributed by atoms with E-state index in [1.54, 1.807) is 24.3 Å². The summed E-state index contributed by atoms with van der Waals surface area (Å²) < 4.78 is 0. The predicted molar refractivity (Wildman–Crippen MR) is 92.0 cm³/mol. The van der Waals surface area contributed by atoms with Crippen molar-refractivity contribution < 1.29 is 9.59 Å². The highest BCUT2D eigenvalue weighted by Gasteiger charge is 2.25. The third-order valence-corrected chi connectivity index (χ3v) is 4.33. The summed E-state index contributed by atoms with van der Waals surface area (Å²) >= 11 is 0. The van der Waals surface area contributed by atoms with Crippen LogP contribution in [0.4, 0.5) is 5.69 Å². The van der Waals surface area contributed by atoms with Crippen LogP contribution in [0.25, 0.3) is 0 Å². The standard InChI is InChI=1S/C20H19NO2/c1-3-13(2)14-8-10-15(11-9-14)21-18-12-19(22)16-6-4-5-7-17(16)20(18)23/h4-13,21H,3H2,1-2H3. The van der Waals surface area contributed by atoms with Gasteiger partial charge < -0.3 is 5.32 Å². The molecule has 0 saturated carbocycles. The summed E-state index contributed by atoms with van der Waals surface area (Å²) in [5.74, 6) is 0.221. The minimum Gasteiger partial charge on any atom is -0.352 e. The van der Waals surface area contributed by atoms with Gasteiger partial charge in [-0.05, 0) is 30.0 Å². The van der Waals surface area contributed by atoms with Crippen LogP contribution in [0.3, 0.4) is 0 Å². The number of ketones is 2. The van der Waals surface area contributed by atoms with Crippen LogP contribution in [-0.4, -0.2) is 11.6 Å². The lowest BCUT2D eigenvalue weighted by molar-refractivity contribution is 0.0985. The van der Waals surface area contributed by atoms with Crippen LogP contribution in [0, 0.1) is 0 Å². The molecule has 0 bridgehead atoms. The summed E-state index contributed by atoms with van der Waals surface area (Å²) in [5.41, 5.74) is 3.33. The zero-order valence-corrected chi connectivity index (χ0v) is 13.3. The highest BCUT2D eigenvalue weighted by Crippen LogP contribution is 2.24. The molecule has 0 aliphatic heterocycles. The van der Waals surface area contributed by atoms with Gasteiger partial charge in [-0.25, -0.2) is 0 Å². The van der Waals surface area contributed by atoms with Gasteiger partial charge in [0.1, 0.15) is 0 Å². The van der Waals surface area contributed by atoms with Crippen molar-refractivity contribution in [2.75, 3.05) is 5.32 Å². The Morgan fingerprint density at radius 3 is 2.26 bits per heavy atom. The van der Waals surface area contributed by atoms with Gasteiger partial charge in [-0.1, -0.05) is 50.2 Å². The minimum atomic E-state index is -0.147. The van der Waals surface area contributed by atoms with E-state index in [1.165, 1.54) is 11.6 Å². The highest BCUT2D eigenvalue weighted by molar-refractivity contribution is 6.25. The van der Waals surface area contributed by atoms with Gasteiger partial charge in [0, 0.05) is 22.9 Å². The van der Waals surface area contributed by atoms with Crippen LogP contribution in [0.5, 0.6) is 0 Å². The smallest absolute Gasteiger partial charge is 0.210 e. The number of hydrogen-bond donors (Lipinski definition) is 1. The molecule has 0 radical (unpaired) electrons. The van der Waals surface area contributed by atoms with Crippen molar-refractivity contribution in [2.24, 2.45) is 0 Å². The second-order valence-corrected chi connectivity index (χ2v) is 5.85. The van der Waals surface area contributed by atoms with Crippen molar-refractivity contribution in [1.82, 2.24) is 0 Å². The fourth-order valence-electron chi connectivity index (χ4n) is 2.69. The molecule has 2 aromatic carbocycles. The van der Waals surface area contributed by atoms with Crippen LogP contribution in [0.15, 0.2) is 60.3 Å². The number of fused-ring (bicyclic) bond motifs is 1. The Labute approximate surface area is 136 Å². The molecule has 3 heteroatoms. The van der Waals surface area contributed by atoms with Gasteiger partial charge in [0.15, 0.2) is 5.78 Å². The normalized spacial score (nSPS) is 15.0. The van der Waals surface area contributed by atoms with E-state index < -0.39 is 0 Å². The second-order valence-electron chi connectivity index (χ2n) is 5.85. The van der Waals surface area contributed by atoms with E-state index in [2.05, 4.69) is 31.3 Å². The maximum Gasteiger partial charge on any atom is 0.210 e. The fraction of sp³-hybridized carbons (Fsp3) is 0.200. The number of allylic oxidation sites excluding steroid dienone is 2. The van der Waals surface area contributed by atoms with E-state index in [4.69, 9.17) is 0 Å². The number of carbonyl (C=O) groups excluding carboxylic acids is 2. The first-order chi connectivity index (χ1) is 11.1. The van der Waals surface area contributed by atoms with Gasteiger partial charge in [-0.15, -0.1) is 0 Å². The first-order valence-corrected chi connectivity index (χ1v) is 7.87. The molecule has 1 N–H and O–H groups in total. The van der Waals surface area contributed by atoms with Crippen LogP contribution in [0.2, 0.25) is 0 Å². The van der Waals surface area contributed by atoms with Gasteiger partial charge in [0.2, 0.25) is 5.78 Å². The molecule has 3 nitrogen and oxygen atoms in total. The predicted octanol–water partition coefficient (Wildman–Crippen LogP) is 4.58. The van der Waals surface area contributed by atoms with Crippen LogP contribution < -0.4 is 5.32 Å². The quantitative estimate of drug-likeness (QED) is 0.899. The second kappa shape index (κ2) is 6.21. The number of anilines is 1. The number of hydrogen-bond acceptors (Lipinski definition) is 3. The molecule has 0 spiro atoms. The molecule has 1 aliphatic rings. The van der Waals surface area contributed by atoms with Crippen molar-refractivity contribution in [3.05, 3.63) is 77.0 Å². The summed E-state index contributed by atoms with van der Waals surface area (Å²) in [6.07, 6.45) is 2.47. The van der Waals surface area contributed by atoms with E-state index in [1.807, 2.05) is 12.1 Å². The molecule has 0 amide bonds. The van der Waals surface area contributed by atoms with Gasteiger partial charge in [0.05, 0.1) is 5.70 Å². The SMILES string of the molecule is CCC(C)c1ccc(NC2=CC(=O)c3ccccc3C2=O)cc1. The Morgan fingerprint density at radius 2 is 1.61 bits per heavy atom. The van der Waals surface area contributed by atoms with E-state index in [0.717, 1.165) is 12.1 Å². The highest BCUT2D eigenvalue weighted by atomic mass is 16.1. The Balaban J connectivity index is 1.84. The van der Waals surface area contributed by atoms with Crippen molar-refractivity contribution in [3.8, 4) is 0 Å². The third kappa shape index (κ3) is 2.95. The zero-order chi connectivity index (χ0) is 16.4. The lowest BCUT2D eigenvalue weighted by Gasteiger charge is -2.17. The summed E-state index contributed by atoms with van der Waals surface area (Å²) in [7, 11) is 0. The van der Waals surface area contributed by atoms with Gasteiger partial charge >= 0.3 is 0 Å². The van der Waals surface area contributed by atoms with Gasteiger partial charge in [-0.3, -0.25) is 9.59 Å².